The van der Waals surface area contributed by atoms with Gasteiger partial charge in [-0.2, -0.15) is 0 Å². The Morgan fingerprint density at radius 2 is 2.23 bits per heavy atom. The molecule has 1 aromatic heterocycles. The molecule has 2 heterocycles. The number of aryl methyl sites for hydroxylation is 1. The molecule has 1 saturated heterocycles. The number of pyridine rings is 1. The summed E-state index contributed by atoms with van der Waals surface area (Å²) in [6, 6.07) is 7.14. The van der Waals surface area contributed by atoms with Gasteiger partial charge in [0.2, 0.25) is 5.91 Å². The molecule has 0 radical (unpaired) electrons. The van der Waals surface area contributed by atoms with Crippen molar-refractivity contribution in [3.05, 3.63) is 40.5 Å². The number of rotatable bonds is 1. The molecule has 2 amide bonds. The van der Waals surface area contributed by atoms with Crippen molar-refractivity contribution in [2.75, 3.05) is 19.6 Å². The summed E-state index contributed by atoms with van der Waals surface area (Å²) in [6.45, 7) is 3.07. The Morgan fingerprint density at radius 3 is 3.05 bits per heavy atom. The number of aromatic nitrogens is 1. The van der Waals surface area contributed by atoms with E-state index in [4.69, 9.17) is 11.6 Å². The molecule has 6 heteroatoms. The van der Waals surface area contributed by atoms with E-state index in [0.717, 1.165) is 12.1 Å². The summed E-state index contributed by atoms with van der Waals surface area (Å²) in [6.07, 6.45) is 0.750. The predicted molar refractivity (Wildman–Crippen MR) is 85.0 cm³/mol. The summed E-state index contributed by atoms with van der Waals surface area (Å²) in [5.41, 5.74) is 1.88. The van der Waals surface area contributed by atoms with E-state index in [0.29, 0.717) is 34.6 Å². The number of amides is 2. The summed E-state index contributed by atoms with van der Waals surface area (Å²) in [5, 5.41) is 4.01. The SMILES string of the molecule is Cc1cc(C(=O)N2CCCNC(=O)C2)c2cccc(Cl)c2n1. The van der Waals surface area contributed by atoms with Crippen LogP contribution in [0, 0.1) is 6.92 Å². The first kappa shape index (κ1) is 14.8. The van der Waals surface area contributed by atoms with Crippen LogP contribution in [0.25, 0.3) is 10.9 Å². The van der Waals surface area contributed by atoms with Gasteiger partial charge in [0, 0.05) is 24.2 Å². The highest BCUT2D eigenvalue weighted by Gasteiger charge is 2.23. The molecule has 22 heavy (non-hydrogen) atoms. The molecule has 1 fully saturated rings. The fraction of sp³-hybridized carbons (Fsp3) is 0.312. The van der Waals surface area contributed by atoms with Crippen molar-refractivity contribution in [2.24, 2.45) is 0 Å². The van der Waals surface area contributed by atoms with Crippen LogP contribution in [0.3, 0.4) is 0 Å². The summed E-state index contributed by atoms with van der Waals surface area (Å²) < 4.78 is 0. The van der Waals surface area contributed by atoms with Crippen LogP contribution in [0.15, 0.2) is 24.3 Å². The van der Waals surface area contributed by atoms with E-state index in [2.05, 4.69) is 10.3 Å². The fourth-order valence-corrected chi connectivity index (χ4v) is 2.89. The van der Waals surface area contributed by atoms with Crippen LogP contribution in [-0.4, -0.2) is 41.3 Å². The second-order valence-electron chi connectivity index (χ2n) is 5.38. The van der Waals surface area contributed by atoms with Gasteiger partial charge in [-0.1, -0.05) is 23.7 Å². The van der Waals surface area contributed by atoms with Crippen molar-refractivity contribution in [1.82, 2.24) is 15.2 Å². The molecule has 1 aliphatic heterocycles. The van der Waals surface area contributed by atoms with E-state index in [1.54, 1.807) is 23.1 Å². The lowest BCUT2D eigenvalue weighted by Crippen LogP contribution is -2.37. The largest absolute Gasteiger partial charge is 0.354 e. The van der Waals surface area contributed by atoms with Crippen LogP contribution in [0.2, 0.25) is 5.02 Å². The molecule has 114 valence electrons. The molecule has 0 aliphatic carbocycles. The smallest absolute Gasteiger partial charge is 0.255 e. The third-order valence-electron chi connectivity index (χ3n) is 3.70. The lowest BCUT2D eigenvalue weighted by Gasteiger charge is -2.20. The van der Waals surface area contributed by atoms with Crippen LogP contribution in [-0.2, 0) is 4.79 Å². The minimum atomic E-state index is -0.158. The summed E-state index contributed by atoms with van der Waals surface area (Å²) >= 11 is 6.19. The van der Waals surface area contributed by atoms with Gasteiger partial charge in [-0.3, -0.25) is 14.6 Å². The second kappa shape index (κ2) is 5.93. The quantitative estimate of drug-likeness (QED) is 0.876. The van der Waals surface area contributed by atoms with E-state index in [1.807, 2.05) is 13.0 Å². The summed E-state index contributed by atoms with van der Waals surface area (Å²) in [5.74, 6) is -0.284. The zero-order valence-corrected chi connectivity index (χ0v) is 13.0. The van der Waals surface area contributed by atoms with Crippen molar-refractivity contribution in [3.63, 3.8) is 0 Å². The van der Waals surface area contributed by atoms with Gasteiger partial charge in [-0.05, 0) is 25.5 Å². The Hall–Kier alpha value is -2.14. The van der Waals surface area contributed by atoms with E-state index in [1.165, 1.54) is 0 Å². The van der Waals surface area contributed by atoms with Gasteiger partial charge in [-0.25, -0.2) is 0 Å². The molecular formula is C16H16ClN3O2. The predicted octanol–water partition coefficient (Wildman–Crippen LogP) is 2.16. The van der Waals surface area contributed by atoms with E-state index >= 15 is 0 Å². The molecule has 5 nitrogen and oxygen atoms in total. The number of hydrogen-bond acceptors (Lipinski definition) is 3. The number of carbonyl (C=O) groups is 2. The Balaban J connectivity index is 2.07. The third kappa shape index (κ3) is 2.76. The van der Waals surface area contributed by atoms with Crippen molar-refractivity contribution >= 4 is 34.3 Å². The number of nitrogens with zero attached hydrogens (tertiary/aromatic N) is 2. The van der Waals surface area contributed by atoms with Crippen LogP contribution in [0.4, 0.5) is 0 Å². The maximum atomic E-state index is 12.9. The van der Waals surface area contributed by atoms with Crippen LogP contribution in [0.1, 0.15) is 22.5 Å². The number of benzene rings is 1. The Kier molecular flexibility index (Phi) is 3.98. The molecule has 0 spiro atoms. The number of hydrogen-bond donors (Lipinski definition) is 1. The number of carbonyl (C=O) groups excluding carboxylic acids is 2. The van der Waals surface area contributed by atoms with Crippen LogP contribution < -0.4 is 5.32 Å². The van der Waals surface area contributed by atoms with Gasteiger partial charge in [0.1, 0.15) is 0 Å². The number of nitrogens with one attached hydrogen (secondary N) is 1. The Morgan fingerprint density at radius 1 is 1.41 bits per heavy atom. The molecular weight excluding hydrogens is 302 g/mol. The third-order valence-corrected chi connectivity index (χ3v) is 4.00. The van der Waals surface area contributed by atoms with Crippen LogP contribution >= 0.6 is 11.6 Å². The number of fused-ring (bicyclic) bond motifs is 1. The zero-order valence-electron chi connectivity index (χ0n) is 12.2. The van der Waals surface area contributed by atoms with Gasteiger partial charge in [0.25, 0.3) is 5.91 Å². The first-order valence-electron chi connectivity index (χ1n) is 7.18. The Labute approximate surface area is 133 Å². The molecule has 0 atom stereocenters. The van der Waals surface area contributed by atoms with E-state index < -0.39 is 0 Å². The first-order valence-corrected chi connectivity index (χ1v) is 7.56. The van der Waals surface area contributed by atoms with Crippen LogP contribution in [0.5, 0.6) is 0 Å². The minimum Gasteiger partial charge on any atom is -0.354 e. The van der Waals surface area contributed by atoms with Crippen molar-refractivity contribution < 1.29 is 9.59 Å². The van der Waals surface area contributed by atoms with Crippen molar-refractivity contribution in [1.29, 1.82) is 0 Å². The molecule has 1 aromatic carbocycles. The van der Waals surface area contributed by atoms with Gasteiger partial charge in [0.05, 0.1) is 22.6 Å². The standard InChI is InChI=1S/C16H16ClN3O2/c1-10-8-12(11-4-2-5-13(17)15(11)19-10)16(22)20-7-3-6-18-14(21)9-20/h2,4-5,8H,3,6-7,9H2,1H3,(H,18,21). The van der Waals surface area contributed by atoms with Gasteiger partial charge < -0.3 is 10.2 Å². The lowest BCUT2D eigenvalue weighted by atomic mass is 10.1. The van der Waals surface area contributed by atoms with Gasteiger partial charge in [-0.15, -0.1) is 0 Å². The monoisotopic (exact) mass is 317 g/mol. The highest BCUT2D eigenvalue weighted by molar-refractivity contribution is 6.35. The minimum absolute atomic E-state index is 0.0856. The zero-order chi connectivity index (χ0) is 15.7. The Bertz CT molecular complexity index is 760. The molecule has 3 rings (SSSR count). The highest BCUT2D eigenvalue weighted by Crippen LogP contribution is 2.26. The average molecular weight is 318 g/mol. The molecule has 0 bridgehead atoms. The lowest BCUT2D eigenvalue weighted by molar-refractivity contribution is -0.121. The summed E-state index contributed by atoms with van der Waals surface area (Å²) in [7, 11) is 0. The molecule has 1 aliphatic rings. The molecule has 1 N–H and O–H groups in total. The fourth-order valence-electron chi connectivity index (χ4n) is 2.67. The van der Waals surface area contributed by atoms with Crippen molar-refractivity contribution in [3.8, 4) is 0 Å². The second-order valence-corrected chi connectivity index (χ2v) is 5.78. The normalized spacial score (nSPS) is 15.5. The maximum absolute atomic E-state index is 12.9. The topological polar surface area (TPSA) is 62.3 Å². The van der Waals surface area contributed by atoms with Gasteiger partial charge >= 0.3 is 0 Å². The molecule has 2 aromatic rings. The average Bonchev–Trinajstić information content (AvgIpc) is 2.71. The number of para-hydroxylation sites is 1. The van der Waals surface area contributed by atoms with Crippen molar-refractivity contribution in [2.45, 2.75) is 13.3 Å². The maximum Gasteiger partial charge on any atom is 0.255 e. The first-order chi connectivity index (χ1) is 10.6. The van der Waals surface area contributed by atoms with E-state index in [-0.39, 0.29) is 18.4 Å². The summed E-state index contributed by atoms with van der Waals surface area (Å²) in [4.78, 5) is 30.5. The van der Waals surface area contributed by atoms with E-state index in [9.17, 15) is 9.59 Å². The number of halogens is 1. The highest BCUT2D eigenvalue weighted by atomic mass is 35.5. The molecule has 0 saturated carbocycles. The van der Waals surface area contributed by atoms with Gasteiger partial charge in [0.15, 0.2) is 0 Å². The molecule has 0 unspecified atom stereocenters.